The van der Waals surface area contributed by atoms with Crippen LogP contribution < -0.4 is 5.56 Å². The van der Waals surface area contributed by atoms with Gasteiger partial charge in [-0.05, 0) is 48.1 Å². The van der Waals surface area contributed by atoms with Gasteiger partial charge in [0.15, 0.2) is 3.95 Å². The number of hydrogen-bond donors (Lipinski definition) is 0. The Morgan fingerprint density at radius 2 is 1.65 bits per heavy atom. The number of rotatable bonds is 3. The number of hydrogen-bond acceptors (Lipinski definition) is 3. The lowest BCUT2D eigenvalue weighted by Crippen LogP contribution is -2.24. The highest BCUT2D eigenvalue weighted by atomic mass is 35.5. The standard InChI is InChI=1S/C23H13ClF2N2OS2/c24-18-7-3-1-5-16(18)20-21-27(12-13-9-14(25)11-15(26)10-13)22(29)17-6-2-4-8-19(17)28(21)23(30)31-20/h1-11H,12H2. The maximum atomic E-state index is 13.8. The third kappa shape index (κ3) is 3.39. The second kappa shape index (κ2) is 7.67. The van der Waals surface area contributed by atoms with E-state index in [9.17, 15) is 13.6 Å². The third-order valence-corrected chi connectivity index (χ3v) is 6.77. The minimum atomic E-state index is -0.701. The Balaban J connectivity index is 1.92. The average molecular weight is 471 g/mol. The molecule has 8 heteroatoms. The topological polar surface area (TPSA) is 26.4 Å². The predicted molar refractivity (Wildman–Crippen MR) is 124 cm³/mol. The van der Waals surface area contributed by atoms with Crippen LogP contribution in [0.15, 0.2) is 71.5 Å². The molecule has 0 N–H and O–H groups in total. The third-order valence-electron chi connectivity index (χ3n) is 5.04. The molecule has 31 heavy (non-hydrogen) atoms. The van der Waals surface area contributed by atoms with E-state index in [1.165, 1.54) is 28.0 Å². The summed E-state index contributed by atoms with van der Waals surface area (Å²) in [4.78, 5) is 14.2. The Morgan fingerprint density at radius 3 is 2.39 bits per heavy atom. The van der Waals surface area contributed by atoms with E-state index in [-0.39, 0.29) is 12.1 Å². The van der Waals surface area contributed by atoms with Gasteiger partial charge in [0.2, 0.25) is 0 Å². The molecule has 5 aromatic rings. The quantitative estimate of drug-likeness (QED) is 0.274. The van der Waals surface area contributed by atoms with Crippen molar-refractivity contribution in [3.8, 4) is 10.4 Å². The summed E-state index contributed by atoms with van der Waals surface area (Å²) in [5.74, 6) is -1.40. The minimum Gasteiger partial charge on any atom is -0.288 e. The number of halogens is 3. The molecule has 0 bridgehead atoms. The van der Waals surface area contributed by atoms with Crippen molar-refractivity contribution < 1.29 is 8.78 Å². The van der Waals surface area contributed by atoms with Crippen molar-refractivity contribution in [2.24, 2.45) is 0 Å². The first-order valence-corrected chi connectivity index (χ1v) is 10.9. The molecule has 0 amide bonds. The first-order valence-electron chi connectivity index (χ1n) is 9.31. The molecule has 0 aliphatic carbocycles. The Kier molecular flexibility index (Phi) is 4.97. The summed E-state index contributed by atoms with van der Waals surface area (Å²) in [7, 11) is 0. The lowest BCUT2D eigenvalue weighted by Gasteiger charge is -2.14. The highest BCUT2D eigenvalue weighted by Crippen LogP contribution is 2.37. The molecule has 0 aliphatic rings. The molecule has 0 atom stereocenters. The minimum absolute atomic E-state index is 0.0230. The van der Waals surface area contributed by atoms with Crippen molar-refractivity contribution in [1.82, 2.24) is 8.97 Å². The summed E-state index contributed by atoms with van der Waals surface area (Å²) >= 11 is 13.4. The molecule has 3 aromatic carbocycles. The van der Waals surface area contributed by atoms with E-state index < -0.39 is 11.6 Å². The second-order valence-corrected chi connectivity index (χ2v) is 9.07. The van der Waals surface area contributed by atoms with E-state index in [1.54, 1.807) is 18.2 Å². The average Bonchev–Trinajstić information content (AvgIpc) is 3.08. The number of thiazole rings is 1. The van der Waals surface area contributed by atoms with Gasteiger partial charge in [0.1, 0.15) is 17.3 Å². The van der Waals surface area contributed by atoms with Crippen LogP contribution in [0.5, 0.6) is 0 Å². The lowest BCUT2D eigenvalue weighted by atomic mass is 10.1. The smallest absolute Gasteiger partial charge is 0.261 e. The maximum absolute atomic E-state index is 13.8. The molecule has 154 valence electrons. The molecule has 2 aromatic heterocycles. The van der Waals surface area contributed by atoms with Crippen LogP contribution in [0.25, 0.3) is 27.0 Å². The van der Waals surface area contributed by atoms with Crippen LogP contribution in [-0.2, 0) is 6.54 Å². The number of benzene rings is 3. The van der Waals surface area contributed by atoms with E-state index in [0.29, 0.717) is 31.1 Å². The first kappa shape index (κ1) is 20.1. The zero-order valence-electron chi connectivity index (χ0n) is 15.8. The number of aromatic nitrogens is 2. The molecule has 0 saturated heterocycles. The van der Waals surface area contributed by atoms with Crippen LogP contribution in [0.1, 0.15) is 5.56 Å². The van der Waals surface area contributed by atoms with Crippen LogP contribution in [0.3, 0.4) is 0 Å². The summed E-state index contributed by atoms with van der Waals surface area (Å²) in [6.07, 6.45) is 0. The van der Waals surface area contributed by atoms with Gasteiger partial charge in [0.25, 0.3) is 5.56 Å². The monoisotopic (exact) mass is 470 g/mol. The van der Waals surface area contributed by atoms with Crippen molar-refractivity contribution in [2.45, 2.75) is 6.54 Å². The van der Waals surface area contributed by atoms with Crippen LogP contribution in [-0.4, -0.2) is 8.97 Å². The van der Waals surface area contributed by atoms with Crippen LogP contribution >= 0.6 is 35.2 Å². The van der Waals surface area contributed by atoms with Crippen LogP contribution in [0.2, 0.25) is 5.02 Å². The normalized spacial score (nSPS) is 11.5. The molecule has 0 spiro atoms. The molecule has 0 radical (unpaired) electrons. The number of fused-ring (bicyclic) bond motifs is 3. The molecular weight excluding hydrogens is 458 g/mol. The number of para-hydroxylation sites is 1. The Labute approximate surface area is 189 Å². The van der Waals surface area contributed by atoms with E-state index in [1.807, 2.05) is 34.7 Å². The fraction of sp³-hybridized carbons (Fsp3) is 0.0435. The van der Waals surface area contributed by atoms with Gasteiger partial charge in [-0.15, -0.1) is 11.3 Å². The van der Waals surface area contributed by atoms with Gasteiger partial charge < -0.3 is 0 Å². The van der Waals surface area contributed by atoms with Crippen molar-refractivity contribution in [2.75, 3.05) is 0 Å². The fourth-order valence-electron chi connectivity index (χ4n) is 3.77. The maximum Gasteiger partial charge on any atom is 0.261 e. The first-order chi connectivity index (χ1) is 14.9. The van der Waals surface area contributed by atoms with E-state index >= 15 is 0 Å². The van der Waals surface area contributed by atoms with Gasteiger partial charge in [-0.1, -0.05) is 41.9 Å². The van der Waals surface area contributed by atoms with Gasteiger partial charge in [-0.25, -0.2) is 8.78 Å². The van der Waals surface area contributed by atoms with Crippen LogP contribution in [0, 0.1) is 15.6 Å². The number of nitrogens with zero attached hydrogens (tertiary/aromatic N) is 2. The van der Waals surface area contributed by atoms with Gasteiger partial charge in [-0.3, -0.25) is 13.8 Å². The summed E-state index contributed by atoms with van der Waals surface area (Å²) in [6, 6.07) is 17.7. The molecule has 0 aliphatic heterocycles. The fourth-order valence-corrected chi connectivity index (χ4v) is 5.52. The van der Waals surface area contributed by atoms with E-state index in [2.05, 4.69) is 0 Å². The van der Waals surface area contributed by atoms with Gasteiger partial charge in [0, 0.05) is 16.7 Å². The van der Waals surface area contributed by atoms with Crippen molar-refractivity contribution in [3.05, 3.63) is 103 Å². The molecule has 3 nitrogen and oxygen atoms in total. The Morgan fingerprint density at radius 1 is 0.968 bits per heavy atom. The Hall–Kier alpha value is -2.87. The summed E-state index contributed by atoms with van der Waals surface area (Å²) in [5.41, 5.74) is 2.00. The molecule has 0 fully saturated rings. The highest BCUT2D eigenvalue weighted by molar-refractivity contribution is 7.73. The van der Waals surface area contributed by atoms with Gasteiger partial charge >= 0.3 is 0 Å². The van der Waals surface area contributed by atoms with Gasteiger partial charge in [-0.2, -0.15) is 0 Å². The van der Waals surface area contributed by atoms with E-state index in [4.69, 9.17) is 23.8 Å². The summed E-state index contributed by atoms with van der Waals surface area (Å²) in [5, 5.41) is 0.983. The second-order valence-electron chi connectivity index (χ2n) is 7.02. The molecule has 2 heterocycles. The molecule has 0 saturated carbocycles. The van der Waals surface area contributed by atoms with Crippen molar-refractivity contribution in [3.63, 3.8) is 0 Å². The highest BCUT2D eigenvalue weighted by Gasteiger charge is 2.20. The van der Waals surface area contributed by atoms with Crippen LogP contribution in [0.4, 0.5) is 8.78 Å². The largest absolute Gasteiger partial charge is 0.288 e. The predicted octanol–water partition coefficient (Wildman–Crippen LogP) is 6.69. The molecule has 0 unspecified atom stereocenters. The summed E-state index contributed by atoms with van der Waals surface area (Å²) < 4.78 is 31.5. The lowest BCUT2D eigenvalue weighted by molar-refractivity contribution is 0.577. The van der Waals surface area contributed by atoms with Crippen molar-refractivity contribution >= 4 is 51.7 Å². The summed E-state index contributed by atoms with van der Waals surface area (Å²) in [6.45, 7) is -0.0230. The zero-order chi connectivity index (χ0) is 21.7. The molecule has 5 rings (SSSR count). The SMILES string of the molecule is O=c1c2ccccc2n2c(=S)sc(-c3ccccc3Cl)c2n1Cc1cc(F)cc(F)c1. The van der Waals surface area contributed by atoms with Gasteiger partial charge in [0.05, 0.1) is 22.3 Å². The molecular formula is C23H13ClF2N2OS2. The van der Waals surface area contributed by atoms with Crippen molar-refractivity contribution in [1.29, 1.82) is 0 Å². The van der Waals surface area contributed by atoms with E-state index in [0.717, 1.165) is 16.5 Å². The zero-order valence-corrected chi connectivity index (χ0v) is 18.2. The Bertz CT molecular complexity index is 1580.